The number of methoxy groups -OCH3 is 1. The van der Waals surface area contributed by atoms with Gasteiger partial charge in [0, 0.05) is 50.1 Å². The SMILES string of the molecule is COc1ccnc(N2CC[C@@H]3C[C@@H](C(=O)NCCCn4nc(C)cc4C)[C@@H]3C2)n1. The molecule has 4 rings (SSSR count). The highest BCUT2D eigenvalue weighted by atomic mass is 16.5. The summed E-state index contributed by atoms with van der Waals surface area (Å²) in [7, 11) is 1.61. The number of aryl methyl sites for hydroxylation is 3. The Morgan fingerprint density at radius 3 is 3.00 bits per heavy atom. The Labute approximate surface area is 171 Å². The third-order valence-corrected chi connectivity index (χ3v) is 6.28. The van der Waals surface area contributed by atoms with Gasteiger partial charge in [0.15, 0.2) is 0 Å². The first kappa shape index (κ1) is 19.7. The van der Waals surface area contributed by atoms with Gasteiger partial charge in [0.05, 0.1) is 12.8 Å². The number of fused-ring (bicyclic) bond motifs is 1. The van der Waals surface area contributed by atoms with Crippen LogP contribution in [0.1, 0.15) is 30.7 Å². The fraction of sp³-hybridized carbons (Fsp3) is 0.619. The van der Waals surface area contributed by atoms with Crippen molar-refractivity contribution in [1.29, 1.82) is 0 Å². The highest BCUT2D eigenvalue weighted by Gasteiger charge is 2.47. The molecule has 2 aromatic heterocycles. The van der Waals surface area contributed by atoms with E-state index in [1.54, 1.807) is 19.4 Å². The Morgan fingerprint density at radius 2 is 2.24 bits per heavy atom. The molecule has 8 heteroatoms. The van der Waals surface area contributed by atoms with E-state index in [0.29, 0.717) is 30.2 Å². The average Bonchev–Trinajstić information content (AvgIpc) is 3.03. The van der Waals surface area contributed by atoms with Crippen molar-refractivity contribution in [3.8, 4) is 5.88 Å². The molecule has 2 aromatic rings. The van der Waals surface area contributed by atoms with Gasteiger partial charge in [-0.2, -0.15) is 10.1 Å². The minimum atomic E-state index is 0.0992. The lowest BCUT2D eigenvalue weighted by molar-refractivity contribution is -0.134. The summed E-state index contributed by atoms with van der Waals surface area (Å²) in [6.07, 6.45) is 4.70. The summed E-state index contributed by atoms with van der Waals surface area (Å²) in [4.78, 5) is 23.7. The second-order valence-corrected chi connectivity index (χ2v) is 8.19. The number of carbonyl (C=O) groups excluding carboxylic acids is 1. The minimum absolute atomic E-state index is 0.0992. The van der Waals surface area contributed by atoms with E-state index in [1.807, 2.05) is 11.6 Å². The normalized spacial score (nSPS) is 23.3. The van der Waals surface area contributed by atoms with Crippen LogP contribution < -0.4 is 15.0 Å². The predicted molar refractivity (Wildman–Crippen MR) is 110 cm³/mol. The molecule has 29 heavy (non-hydrogen) atoms. The molecule has 0 aromatic carbocycles. The molecule has 2 aliphatic rings. The zero-order valence-corrected chi connectivity index (χ0v) is 17.5. The van der Waals surface area contributed by atoms with Crippen LogP contribution >= 0.6 is 0 Å². The molecular weight excluding hydrogens is 368 g/mol. The van der Waals surface area contributed by atoms with Crippen LogP contribution in [0.15, 0.2) is 18.3 Å². The first-order valence-electron chi connectivity index (χ1n) is 10.5. The van der Waals surface area contributed by atoms with Gasteiger partial charge in [-0.1, -0.05) is 0 Å². The summed E-state index contributed by atoms with van der Waals surface area (Å²) < 4.78 is 7.22. The van der Waals surface area contributed by atoms with Crippen LogP contribution in [0.4, 0.5) is 5.95 Å². The quantitative estimate of drug-likeness (QED) is 0.718. The lowest BCUT2D eigenvalue weighted by Gasteiger charge is -2.50. The molecule has 156 valence electrons. The smallest absolute Gasteiger partial charge is 0.228 e. The Balaban J connectivity index is 1.26. The molecule has 3 atom stereocenters. The number of nitrogens with zero attached hydrogens (tertiary/aromatic N) is 5. The number of hydrogen-bond donors (Lipinski definition) is 1. The number of hydrogen-bond acceptors (Lipinski definition) is 6. The monoisotopic (exact) mass is 398 g/mol. The fourth-order valence-corrected chi connectivity index (χ4v) is 4.64. The lowest BCUT2D eigenvalue weighted by atomic mass is 9.61. The van der Waals surface area contributed by atoms with Gasteiger partial charge in [-0.15, -0.1) is 0 Å². The number of ether oxygens (including phenoxy) is 1. The topological polar surface area (TPSA) is 85.2 Å². The van der Waals surface area contributed by atoms with E-state index in [4.69, 9.17) is 4.74 Å². The zero-order chi connectivity index (χ0) is 20.4. The molecule has 1 aliphatic heterocycles. The first-order valence-corrected chi connectivity index (χ1v) is 10.5. The number of aromatic nitrogens is 4. The van der Waals surface area contributed by atoms with Gasteiger partial charge in [-0.3, -0.25) is 9.48 Å². The van der Waals surface area contributed by atoms with Gasteiger partial charge in [0.25, 0.3) is 0 Å². The van der Waals surface area contributed by atoms with Crippen molar-refractivity contribution >= 4 is 11.9 Å². The summed E-state index contributed by atoms with van der Waals surface area (Å²) in [6.45, 7) is 7.36. The number of piperidine rings is 1. The molecule has 1 aliphatic carbocycles. The maximum absolute atomic E-state index is 12.7. The molecule has 0 spiro atoms. The second-order valence-electron chi connectivity index (χ2n) is 8.19. The molecule has 0 radical (unpaired) electrons. The molecule has 0 bridgehead atoms. The van der Waals surface area contributed by atoms with Crippen LogP contribution in [0.5, 0.6) is 5.88 Å². The van der Waals surface area contributed by atoms with E-state index >= 15 is 0 Å². The van der Waals surface area contributed by atoms with Crippen LogP contribution in [-0.4, -0.2) is 52.4 Å². The van der Waals surface area contributed by atoms with E-state index in [2.05, 4.69) is 38.3 Å². The number of amides is 1. The van der Waals surface area contributed by atoms with E-state index in [-0.39, 0.29) is 11.8 Å². The maximum atomic E-state index is 12.7. The van der Waals surface area contributed by atoms with Gasteiger partial charge in [-0.05, 0) is 51.0 Å². The van der Waals surface area contributed by atoms with Crippen molar-refractivity contribution in [2.24, 2.45) is 17.8 Å². The van der Waals surface area contributed by atoms with E-state index in [1.165, 1.54) is 0 Å². The van der Waals surface area contributed by atoms with Crippen LogP contribution in [-0.2, 0) is 11.3 Å². The number of carbonyl (C=O) groups is 1. The van der Waals surface area contributed by atoms with Crippen molar-refractivity contribution in [3.63, 3.8) is 0 Å². The highest BCUT2D eigenvalue weighted by Crippen LogP contribution is 2.46. The zero-order valence-electron chi connectivity index (χ0n) is 17.5. The van der Waals surface area contributed by atoms with Crippen LogP contribution in [0.25, 0.3) is 0 Å². The van der Waals surface area contributed by atoms with Crippen molar-refractivity contribution in [2.75, 3.05) is 31.6 Å². The van der Waals surface area contributed by atoms with Gasteiger partial charge in [0.1, 0.15) is 0 Å². The first-order chi connectivity index (χ1) is 14.0. The molecule has 2 fully saturated rings. The fourth-order valence-electron chi connectivity index (χ4n) is 4.64. The summed E-state index contributed by atoms with van der Waals surface area (Å²) in [5.74, 6) is 2.58. The average molecular weight is 399 g/mol. The second kappa shape index (κ2) is 8.39. The van der Waals surface area contributed by atoms with Gasteiger partial charge >= 0.3 is 0 Å². The predicted octanol–water partition coefficient (Wildman–Crippen LogP) is 1.97. The van der Waals surface area contributed by atoms with Gasteiger partial charge in [0.2, 0.25) is 17.7 Å². The molecule has 8 nitrogen and oxygen atoms in total. The molecular formula is C21H30N6O2. The summed E-state index contributed by atoms with van der Waals surface area (Å²) >= 11 is 0. The van der Waals surface area contributed by atoms with Crippen molar-refractivity contribution in [2.45, 2.75) is 39.7 Å². The third-order valence-electron chi connectivity index (χ3n) is 6.28. The largest absolute Gasteiger partial charge is 0.481 e. The van der Waals surface area contributed by atoms with Crippen LogP contribution in [0.3, 0.4) is 0 Å². The van der Waals surface area contributed by atoms with Gasteiger partial charge in [-0.25, -0.2) is 4.98 Å². The molecule has 1 amide bonds. The summed E-state index contributed by atoms with van der Waals surface area (Å²) in [5, 5.41) is 7.61. The van der Waals surface area contributed by atoms with Crippen LogP contribution in [0, 0.1) is 31.6 Å². The standard InChI is InChI=1S/C21H30N6O2/c1-14-11-15(2)27(25-14)9-4-7-22-20(28)17-12-16-6-10-26(13-18(16)17)21-23-8-5-19(24-21)29-3/h5,8,11,16-18H,4,6-7,9-10,12-13H2,1-3H3,(H,22,28)/t16-,17-,18-/m1/s1. The maximum Gasteiger partial charge on any atom is 0.228 e. The molecule has 3 heterocycles. The van der Waals surface area contributed by atoms with Crippen molar-refractivity contribution in [3.05, 3.63) is 29.7 Å². The van der Waals surface area contributed by atoms with E-state index < -0.39 is 0 Å². The summed E-state index contributed by atoms with van der Waals surface area (Å²) in [6, 6.07) is 3.83. The van der Waals surface area contributed by atoms with Gasteiger partial charge < -0.3 is 15.0 Å². The van der Waals surface area contributed by atoms with Crippen LogP contribution in [0.2, 0.25) is 0 Å². The Hall–Kier alpha value is -2.64. The minimum Gasteiger partial charge on any atom is -0.481 e. The molecule has 1 saturated heterocycles. The number of rotatable bonds is 7. The Bertz CT molecular complexity index is 867. The molecule has 0 unspecified atom stereocenters. The Morgan fingerprint density at radius 1 is 1.38 bits per heavy atom. The Kier molecular flexibility index (Phi) is 5.69. The van der Waals surface area contributed by atoms with Crippen molar-refractivity contribution < 1.29 is 9.53 Å². The molecule has 1 N–H and O–H groups in total. The number of anilines is 1. The highest BCUT2D eigenvalue weighted by molar-refractivity contribution is 5.80. The summed E-state index contributed by atoms with van der Waals surface area (Å²) in [5.41, 5.74) is 2.20. The van der Waals surface area contributed by atoms with Crippen molar-refractivity contribution in [1.82, 2.24) is 25.1 Å². The molecule has 1 saturated carbocycles. The van der Waals surface area contributed by atoms with E-state index in [0.717, 1.165) is 50.3 Å². The third kappa shape index (κ3) is 4.21. The van der Waals surface area contributed by atoms with E-state index in [9.17, 15) is 4.79 Å². The number of nitrogens with one attached hydrogen (secondary N) is 1. The lowest BCUT2D eigenvalue weighted by Crippen LogP contribution is -2.55.